The van der Waals surface area contributed by atoms with Gasteiger partial charge in [-0.15, -0.1) is 0 Å². The van der Waals surface area contributed by atoms with Gasteiger partial charge in [0.15, 0.2) is 46.3 Å². The number of rotatable bonds is 6. The van der Waals surface area contributed by atoms with Crippen molar-refractivity contribution in [2.24, 2.45) is 0 Å². The molecule has 0 unspecified atom stereocenters. The van der Waals surface area contributed by atoms with Crippen molar-refractivity contribution >= 4 is 47.8 Å². The minimum atomic E-state index is -1.09. The fourth-order valence-electron chi connectivity index (χ4n) is 1.61. The van der Waals surface area contributed by atoms with E-state index in [0.717, 1.165) is 28.9 Å². The molecule has 0 aliphatic rings. The predicted octanol–water partition coefficient (Wildman–Crippen LogP) is 6.20. The number of ether oxygens (including phenoxy) is 3. The van der Waals surface area contributed by atoms with Crippen LogP contribution in [-0.4, -0.2) is 41.9 Å². The lowest BCUT2D eigenvalue weighted by molar-refractivity contribution is 0.309. The molecule has 0 spiro atoms. The molecule has 2 rings (SSSR count). The molecule has 0 saturated carbocycles. The zero-order valence-electron chi connectivity index (χ0n) is 15.5. The molecule has 0 aromatic heterocycles. The highest BCUT2D eigenvalue weighted by molar-refractivity contribution is 9.12. The van der Waals surface area contributed by atoms with Crippen molar-refractivity contribution < 1.29 is 36.9 Å². The van der Waals surface area contributed by atoms with Gasteiger partial charge in [-0.1, -0.05) is 47.8 Å². The molecule has 0 bridgehead atoms. The summed E-state index contributed by atoms with van der Waals surface area (Å²) in [5.74, 6) is -4.14. The molecule has 0 atom stereocenters. The molecule has 11 heteroatoms. The predicted molar refractivity (Wildman–Crippen MR) is 114 cm³/mol. The van der Waals surface area contributed by atoms with Crippen molar-refractivity contribution in [1.82, 2.24) is 0 Å². The summed E-state index contributed by atoms with van der Waals surface area (Å²) in [5, 5.41) is 11.6. The number of methoxy groups -OCH3 is 2. The monoisotopic (exact) mass is 612 g/mol. The van der Waals surface area contributed by atoms with Crippen LogP contribution in [0.2, 0.25) is 0 Å². The SMILES string of the molecule is BrCCBr.COc1cc(F)c(F)cc1O.COc1cc(F)c(F)cc1OCCBr. The normalized spacial score (nSPS) is 9.55. The van der Waals surface area contributed by atoms with Crippen LogP contribution in [0.25, 0.3) is 0 Å². The molecule has 0 fully saturated rings. The standard InChI is InChI=1S/C9H9BrF2O2.C7H6F2O2.C2H4Br2/c1-13-8-4-6(11)7(12)5-9(8)14-3-2-10;1-11-7-3-5(9)4(8)2-6(7)10;3-1-2-4/h4-5H,2-3H2,1H3;2-3,10H,1H3;1-2H2. The number of hydrogen-bond acceptors (Lipinski definition) is 4. The van der Waals surface area contributed by atoms with Crippen molar-refractivity contribution in [3.05, 3.63) is 47.5 Å². The molecule has 1 N–H and O–H groups in total. The third kappa shape index (κ3) is 10.4. The van der Waals surface area contributed by atoms with Gasteiger partial charge in [0.25, 0.3) is 0 Å². The maximum Gasteiger partial charge on any atom is 0.164 e. The molecule has 0 aliphatic carbocycles. The van der Waals surface area contributed by atoms with E-state index in [4.69, 9.17) is 14.6 Å². The van der Waals surface area contributed by atoms with Crippen LogP contribution in [0, 0.1) is 23.3 Å². The summed E-state index contributed by atoms with van der Waals surface area (Å²) in [6.45, 7) is 0.363. The lowest BCUT2D eigenvalue weighted by Gasteiger charge is -2.09. The molecule has 2 aromatic rings. The van der Waals surface area contributed by atoms with Crippen LogP contribution in [0.1, 0.15) is 0 Å². The van der Waals surface area contributed by atoms with Crippen molar-refractivity contribution in [2.75, 3.05) is 36.8 Å². The molecule has 4 nitrogen and oxygen atoms in total. The van der Waals surface area contributed by atoms with Gasteiger partial charge >= 0.3 is 0 Å². The van der Waals surface area contributed by atoms with E-state index in [2.05, 4.69) is 52.5 Å². The average Bonchev–Trinajstić information content (AvgIpc) is 2.71. The van der Waals surface area contributed by atoms with Gasteiger partial charge in [0.2, 0.25) is 0 Å². The Hall–Kier alpha value is -1.20. The number of aromatic hydroxyl groups is 1. The molecule has 164 valence electrons. The Balaban J connectivity index is 0.000000466. The number of phenolic OH excluding ortho intramolecular Hbond substituents is 1. The number of benzene rings is 2. The van der Waals surface area contributed by atoms with Gasteiger partial charge in [-0.05, 0) is 0 Å². The van der Waals surface area contributed by atoms with Crippen molar-refractivity contribution in [3.8, 4) is 23.0 Å². The zero-order valence-corrected chi connectivity index (χ0v) is 20.2. The van der Waals surface area contributed by atoms with Gasteiger partial charge < -0.3 is 19.3 Å². The van der Waals surface area contributed by atoms with E-state index in [1.54, 1.807) is 0 Å². The van der Waals surface area contributed by atoms with Gasteiger partial charge in [0.05, 0.1) is 20.8 Å². The van der Waals surface area contributed by atoms with Crippen LogP contribution < -0.4 is 14.2 Å². The molecule has 0 heterocycles. The highest BCUT2D eigenvalue weighted by atomic mass is 79.9. The van der Waals surface area contributed by atoms with Crippen LogP contribution >= 0.6 is 47.8 Å². The molecular formula is C18H19Br3F4O4. The smallest absolute Gasteiger partial charge is 0.164 e. The quantitative estimate of drug-likeness (QED) is 0.311. The lowest BCUT2D eigenvalue weighted by Crippen LogP contribution is -2.01. The third-order valence-corrected chi connectivity index (χ3v) is 5.02. The van der Waals surface area contributed by atoms with Crippen LogP contribution in [0.3, 0.4) is 0 Å². The average molecular weight is 615 g/mol. The lowest BCUT2D eigenvalue weighted by atomic mass is 10.3. The summed E-state index contributed by atoms with van der Waals surface area (Å²) in [4.78, 5) is 0. The van der Waals surface area contributed by atoms with Crippen LogP contribution in [0.15, 0.2) is 24.3 Å². The van der Waals surface area contributed by atoms with Gasteiger partial charge in [-0.2, -0.15) is 0 Å². The summed E-state index contributed by atoms with van der Waals surface area (Å²) in [6.07, 6.45) is 0. The summed E-state index contributed by atoms with van der Waals surface area (Å²) < 4.78 is 64.7. The number of hydrogen-bond donors (Lipinski definition) is 1. The first-order valence-electron chi connectivity index (χ1n) is 7.81. The van der Waals surface area contributed by atoms with E-state index < -0.39 is 29.0 Å². The maximum absolute atomic E-state index is 12.8. The molecular weight excluding hydrogens is 596 g/mol. The zero-order chi connectivity index (χ0) is 22.4. The van der Waals surface area contributed by atoms with Gasteiger partial charge in [-0.25, -0.2) is 17.6 Å². The first kappa shape index (κ1) is 27.8. The topological polar surface area (TPSA) is 47.9 Å². The van der Waals surface area contributed by atoms with E-state index in [1.807, 2.05) is 0 Å². The highest BCUT2D eigenvalue weighted by Gasteiger charge is 2.11. The van der Waals surface area contributed by atoms with Crippen molar-refractivity contribution in [3.63, 3.8) is 0 Å². The van der Waals surface area contributed by atoms with Gasteiger partial charge in [-0.3, -0.25) is 0 Å². The Morgan fingerprint density at radius 3 is 1.52 bits per heavy atom. The van der Waals surface area contributed by atoms with Crippen LogP contribution in [0.4, 0.5) is 17.6 Å². The van der Waals surface area contributed by atoms with Crippen molar-refractivity contribution in [2.45, 2.75) is 0 Å². The van der Waals surface area contributed by atoms with Crippen LogP contribution in [0.5, 0.6) is 23.0 Å². The minimum Gasteiger partial charge on any atom is -0.504 e. The summed E-state index contributed by atoms with van der Waals surface area (Å²) in [6, 6.07) is 3.37. The van der Waals surface area contributed by atoms with Gasteiger partial charge in [0, 0.05) is 40.3 Å². The van der Waals surface area contributed by atoms with E-state index in [-0.39, 0.29) is 17.2 Å². The Kier molecular flexibility index (Phi) is 15.0. The van der Waals surface area contributed by atoms with E-state index in [9.17, 15) is 17.6 Å². The fraction of sp³-hybridized carbons (Fsp3) is 0.333. The second-order valence-electron chi connectivity index (χ2n) is 4.77. The first-order valence-corrected chi connectivity index (χ1v) is 11.2. The summed E-state index contributed by atoms with van der Waals surface area (Å²) >= 11 is 9.56. The second kappa shape index (κ2) is 15.6. The number of alkyl halides is 3. The Labute approximate surface area is 191 Å². The second-order valence-corrected chi connectivity index (χ2v) is 7.15. The first-order chi connectivity index (χ1) is 13.7. The minimum absolute atomic E-state index is 0.0797. The van der Waals surface area contributed by atoms with Gasteiger partial charge in [0.1, 0.15) is 0 Å². The molecule has 0 saturated heterocycles. The third-order valence-electron chi connectivity index (χ3n) is 2.83. The Morgan fingerprint density at radius 1 is 0.690 bits per heavy atom. The molecule has 0 radical (unpaired) electrons. The Bertz CT molecular complexity index is 750. The number of phenols is 1. The highest BCUT2D eigenvalue weighted by Crippen LogP contribution is 2.29. The summed E-state index contributed by atoms with van der Waals surface area (Å²) in [7, 11) is 2.63. The molecule has 29 heavy (non-hydrogen) atoms. The van der Waals surface area contributed by atoms with E-state index in [1.165, 1.54) is 14.2 Å². The summed E-state index contributed by atoms with van der Waals surface area (Å²) in [5.41, 5.74) is 0. The van der Waals surface area contributed by atoms with E-state index in [0.29, 0.717) is 18.0 Å². The molecule has 0 amide bonds. The number of halogens is 7. The molecule has 0 aliphatic heterocycles. The largest absolute Gasteiger partial charge is 0.504 e. The van der Waals surface area contributed by atoms with E-state index >= 15 is 0 Å². The van der Waals surface area contributed by atoms with Crippen LogP contribution in [-0.2, 0) is 0 Å². The maximum atomic E-state index is 12.8. The van der Waals surface area contributed by atoms with Crippen molar-refractivity contribution in [1.29, 1.82) is 0 Å². The molecule has 2 aromatic carbocycles. The Morgan fingerprint density at radius 2 is 1.10 bits per heavy atom. The fourth-order valence-corrected chi connectivity index (χ4v) is 1.77.